The number of aliphatic hydroxyl groups is 2. The largest absolute Gasteiger partial charge is 0.463 e. The van der Waals surface area contributed by atoms with Gasteiger partial charge >= 0.3 is 5.97 Å². The standard InChI is InChI=1S/C8H17O5P/c1-2-14(12,6-4-10)7-8(11)13-5-3-9/h9-10H,2-7H2,1H3. The summed E-state index contributed by atoms with van der Waals surface area (Å²) in [7, 11) is -2.60. The summed E-state index contributed by atoms with van der Waals surface area (Å²) in [4.78, 5) is 11.1. The Morgan fingerprint density at radius 3 is 2.43 bits per heavy atom. The second-order valence-electron chi connectivity index (χ2n) is 2.92. The van der Waals surface area contributed by atoms with Crippen molar-refractivity contribution in [3.63, 3.8) is 0 Å². The van der Waals surface area contributed by atoms with Crippen LogP contribution in [0.25, 0.3) is 0 Å². The minimum atomic E-state index is -2.60. The maximum atomic E-state index is 11.8. The van der Waals surface area contributed by atoms with Gasteiger partial charge in [-0.3, -0.25) is 4.79 Å². The molecule has 14 heavy (non-hydrogen) atoms. The quantitative estimate of drug-likeness (QED) is 0.466. The molecule has 0 rings (SSSR count). The lowest BCUT2D eigenvalue weighted by atomic mass is 10.7. The molecule has 1 atom stereocenters. The summed E-state index contributed by atoms with van der Waals surface area (Å²) in [5.41, 5.74) is 0. The first-order valence-electron chi connectivity index (χ1n) is 4.52. The molecular weight excluding hydrogens is 207 g/mol. The molecule has 0 heterocycles. The first-order valence-corrected chi connectivity index (χ1v) is 6.78. The first-order chi connectivity index (χ1) is 6.58. The summed E-state index contributed by atoms with van der Waals surface area (Å²) in [6, 6.07) is 0. The van der Waals surface area contributed by atoms with Crippen LogP contribution in [0, 0.1) is 0 Å². The van der Waals surface area contributed by atoms with E-state index in [1.807, 2.05) is 0 Å². The number of aliphatic hydroxyl groups excluding tert-OH is 2. The number of hydrogen-bond acceptors (Lipinski definition) is 5. The molecule has 0 amide bonds. The normalized spacial score (nSPS) is 14.8. The van der Waals surface area contributed by atoms with Crippen LogP contribution >= 0.6 is 7.14 Å². The van der Waals surface area contributed by atoms with Crippen molar-refractivity contribution in [2.75, 3.05) is 38.3 Å². The third kappa shape index (κ3) is 5.37. The average molecular weight is 224 g/mol. The van der Waals surface area contributed by atoms with E-state index in [1.165, 1.54) is 0 Å². The molecule has 0 radical (unpaired) electrons. The Balaban J connectivity index is 4.04. The van der Waals surface area contributed by atoms with Crippen molar-refractivity contribution >= 4 is 13.1 Å². The minimum Gasteiger partial charge on any atom is -0.463 e. The van der Waals surface area contributed by atoms with Gasteiger partial charge in [-0.1, -0.05) is 6.92 Å². The second-order valence-corrected chi connectivity index (χ2v) is 6.44. The summed E-state index contributed by atoms with van der Waals surface area (Å²) in [5.74, 6) is -0.572. The minimum absolute atomic E-state index is 0.0678. The lowest BCUT2D eigenvalue weighted by Crippen LogP contribution is -2.15. The molecule has 2 N–H and O–H groups in total. The van der Waals surface area contributed by atoms with Gasteiger partial charge in [0.25, 0.3) is 0 Å². The van der Waals surface area contributed by atoms with E-state index in [0.717, 1.165) is 0 Å². The van der Waals surface area contributed by atoms with Crippen LogP contribution in [0.15, 0.2) is 0 Å². The predicted octanol–water partition coefficient (Wildman–Crippen LogP) is -0.103. The van der Waals surface area contributed by atoms with E-state index in [4.69, 9.17) is 10.2 Å². The van der Waals surface area contributed by atoms with Gasteiger partial charge in [0, 0.05) is 12.8 Å². The van der Waals surface area contributed by atoms with Crippen LogP contribution < -0.4 is 0 Å². The molecule has 84 valence electrons. The van der Waals surface area contributed by atoms with E-state index in [-0.39, 0.29) is 32.1 Å². The predicted molar refractivity (Wildman–Crippen MR) is 53.0 cm³/mol. The number of ether oxygens (including phenoxy) is 1. The molecule has 1 unspecified atom stereocenters. The van der Waals surface area contributed by atoms with Gasteiger partial charge in [-0.25, -0.2) is 0 Å². The van der Waals surface area contributed by atoms with Crippen LogP contribution in [0.3, 0.4) is 0 Å². The van der Waals surface area contributed by atoms with Crippen molar-refractivity contribution in [2.45, 2.75) is 6.92 Å². The summed E-state index contributed by atoms with van der Waals surface area (Å²) in [5, 5.41) is 17.0. The highest BCUT2D eigenvalue weighted by Crippen LogP contribution is 2.44. The highest BCUT2D eigenvalue weighted by molar-refractivity contribution is 7.64. The van der Waals surface area contributed by atoms with E-state index in [0.29, 0.717) is 6.16 Å². The molecule has 5 nitrogen and oxygen atoms in total. The topological polar surface area (TPSA) is 83.8 Å². The number of esters is 1. The maximum Gasteiger partial charge on any atom is 0.313 e. The zero-order valence-corrected chi connectivity index (χ0v) is 9.20. The fraction of sp³-hybridized carbons (Fsp3) is 0.875. The molecular formula is C8H17O5P. The summed E-state index contributed by atoms with van der Waals surface area (Å²) in [6.45, 7) is 1.23. The third-order valence-electron chi connectivity index (χ3n) is 1.86. The van der Waals surface area contributed by atoms with Crippen LogP contribution in [-0.2, 0) is 14.1 Å². The van der Waals surface area contributed by atoms with Crippen molar-refractivity contribution in [1.82, 2.24) is 0 Å². The summed E-state index contributed by atoms with van der Waals surface area (Å²) >= 11 is 0. The van der Waals surface area contributed by atoms with Crippen LogP contribution in [-0.4, -0.2) is 54.5 Å². The number of carbonyl (C=O) groups excluding carboxylic acids is 1. The number of rotatable bonds is 7. The Hall–Kier alpha value is -0.380. The van der Waals surface area contributed by atoms with E-state index in [2.05, 4.69) is 4.74 Å². The summed E-state index contributed by atoms with van der Waals surface area (Å²) < 4.78 is 16.4. The zero-order valence-electron chi connectivity index (χ0n) is 8.31. The average Bonchev–Trinajstić information content (AvgIpc) is 2.15. The van der Waals surface area contributed by atoms with Crippen LogP contribution in [0.4, 0.5) is 0 Å². The van der Waals surface area contributed by atoms with Gasteiger partial charge in [0.05, 0.1) is 12.8 Å². The third-order valence-corrected chi connectivity index (χ3v) is 4.86. The molecule has 0 aromatic rings. The molecule has 0 aromatic carbocycles. The van der Waals surface area contributed by atoms with E-state index in [9.17, 15) is 9.36 Å². The Bertz CT molecular complexity index is 216. The van der Waals surface area contributed by atoms with Crippen molar-refractivity contribution in [2.24, 2.45) is 0 Å². The molecule has 0 bridgehead atoms. The zero-order chi connectivity index (χ0) is 11.0. The molecule has 0 saturated heterocycles. The van der Waals surface area contributed by atoms with Crippen molar-refractivity contribution in [3.8, 4) is 0 Å². The van der Waals surface area contributed by atoms with Gasteiger partial charge in [0.2, 0.25) is 0 Å². The number of carbonyl (C=O) groups is 1. The molecule has 6 heteroatoms. The van der Waals surface area contributed by atoms with Gasteiger partial charge < -0.3 is 19.5 Å². The fourth-order valence-corrected chi connectivity index (χ4v) is 2.60. The van der Waals surface area contributed by atoms with Gasteiger partial charge in [-0.2, -0.15) is 0 Å². The van der Waals surface area contributed by atoms with Crippen LogP contribution in [0.1, 0.15) is 6.92 Å². The fourth-order valence-electron chi connectivity index (χ4n) is 0.972. The Morgan fingerprint density at radius 2 is 2.00 bits per heavy atom. The molecule has 0 fully saturated rings. The Morgan fingerprint density at radius 1 is 1.36 bits per heavy atom. The number of hydrogen-bond donors (Lipinski definition) is 2. The highest BCUT2D eigenvalue weighted by atomic mass is 31.2. The van der Waals surface area contributed by atoms with Gasteiger partial charge in [-0.15, -0.1) is 0 Å². The maximum absolute atomic E-state index is 11.8. The van der Waals surface area contributed by atoms with E-state index in [1.54, 1.807) is 6.92 Å². The summed E-state index contributed by atoms with van der Waals surface area (Å²) in [6.07, 6.45) is 0.379. The lowest BCUT2D eigenvalue weighted by molar-refractivity contribution is -0.141. The molecule has 0 spiro atoms. The Kier molecular flexibility index (Phi) is 6.79. The SMILES string of the molecule is CCP(=O)(CCO)CC(=O)OCCO. The Labute approximate surface area is 83.4 Å². The first kappa shape index (κ1) is 13.6. The lowest BCUT2D eigenvalue weighted by Gasteiger charge is -2.13. The van der Waals surface area contributed by atoms with Crippen molar-refractivity contribution in [1.29, 1.82) is 0 Å². The van der Waals surface area contributed by atoms with Gasteiger partial charge in [-0.05, 0) is 6.16 Å². The molecule has 0 saturated carbocycles. The van der Waals surface area contributed by atoms with Crippen molar-refractivity contribution < 1.29 is 24.3 Å². The van der Waals surface area contributed by atoms with Crippen molar-refractivity contribution in [3.05, 3.63) is 0 Å². The smallest absolute Gasteiger partial charge is 0.313 e. The molecule has 0 aliphatic heterocycles. The monoisotopic (exact) mass is 224 g/mol. The molecule has 0 aliphatic carbocycles. The molecule has 0 aliphatic rings. The van der Waals surface area contributed by atoms with E-state index >= 15 is 0 Å². The second kappa shape index (κ2) is 6.98. The van der Waals surface area contributed by atoms with Gasteiger partial charge in [0.1, 0.15) is 13.7 Å². The van der Waals surface area contributed by atoms with E-state index < -0.39 is 13.1 Å². The van der Waals surface area contributed by atoms with Crippen LogP contribution in [0.5, 0.6) is 0 Å². The van der Waals surface area contributed by atoms with Gasteiger partial charge in [0.15, 0.2) is 0 Å². The highest BCUT2D eigenvalue weighted by Gasteiger charge is 2.23. The van der Waals surface area contributed by atoms with Crippen LogP contribution in [0.2, 0.25) is 0 Å². The molecule has 0 aromatic heterocycles.